The van der Waals surface area contributed by atoms with Crippen molar-refractivity contribution in [3.8, 4) is 0 Å². The van der Waals surface area contributed by atoms with Gasteiger partial charge in [-0.1, -0.05) is 12.1 Å². The molecule has 1 aromatic heterocycles. The lowest BCUT2D eigenvalue weighted by Gasteiger charge is -2.33. The van der Waals surface area contributed by atoms with E-state index in [1.807, 2.05) is 4.90 Å². The molecule has 3 heterocycles. The third-order valence-corrected chi connectivity index (χ3v) is 5.41. The maximum Gasteiger partial charge on any atom is 0.252 e. The fraction of sp³-hybridized carbons (Fsp3) is 0.500. The molecule has 0 aliphatic carbocycles. The normalized spacial score (nSPS) is 21.1. The Hall–Kier alpha value is -2.32. The van der Waals surface area contributed by atoms with E-state index in [1.54, 1.807) is 12.1 Å². The molecule has 1 aromatic carbocycles. The molecular formula is C20H24F2N4O2. The Balaban J connectivity index is 1.50. The van der Waals surface area contributed by atoms with E-state index >= 15 is 0 Å². The fourth-order valence-corrected chi connectivity index (χ4v) is 3.95. The summed E-state index contributed by atoms with van der Waals surface area (Å²) in [4.78, 5) is 23.8. The number of ether oxygens (including phenoxy) is 1. The number of anilines is 1. The zero-order chi connectivity index (χ0) is 19.5. The quantitative estimate of drug-likeness (QED) is 0.868. The number of aromatic amines is 1. The van der Waals surface area contributed by atoms with Crippen LogP contribution in [0.25, 0.3) is 0 Å². The molecule has 1 N–H and O–H groups in total. The SMILES string of the molecule is O=c1cc(C2CCCN(Cc3cccc(F)c3F)C2)nc(N2CCOCC2)[nH]1. The van der Waals surface area contributed by atoms with Crippen molar-refractivity contribution in [2.45, 2.75) is 25.3 Å². The van der Waals surface area contributed by atoms with E-state index in [0.29, 0.717) is 50.9 Å². The minimum absolute atomic E-state index is 0.0902. The van der Waals surface area contributed by atoms with E-state index < -0.39 is 11.6 Å². The number of halogens is 2. The first-order chi connectivity index (χ1) is 13.6. The second-order valence-corrected chi connectivity index (χ2v) is 7.38. The third-order valence-electron chi connectivity index (χ3n) is 5.41. The Morgan fingerprint density at radius 2 is 2.04 bits per heavy atom. The zero-order valence-electron chi connectivity index (χ0n) is 15.7. The molecule has 2 fully saturated rings. The molecular weight excluding hydrogens is 366 g/mol. The van der Waals surface area contributed by atoms with Crippen LogP contribution in [0.5, 0.6) is 0 Å². The molecule has 2 aliphatic heterocycles. The molecule has 0 radical (unpaired) electrons. The molecule has 0 amide bonds. The topological polar surface area (TPSA) is 61.5 Å². The van der Waals surface area contributed by atoms with Gasteiger partial charge in [0, 0.05) is 43.7 Å². The van der Waals surface area contributed by atoms with Crippen molar-refractivity contribution < 1.29 is 13.5 Å². The van der Waals surface area contributed by atoms with Gasteiger partial charge in [0.05, 0.1) is 18.9 Å². The van der Waals surface area contributed by atoms with Crippen LogP contribution in [0.2, 0.25) is 0 Å². The summed E-state index contributed by atoms with van der Waals surface area (Å²) in [7, 11) is 0. The van der Waals surface area contributed by atoms with Gasteiger partial charge in [0.1, 0.15) is 0 Å². The predicted octanol–water partition coefficient (Wildman–Crippen LogP) is 2.26. The van der Waals surface area contributed by atoms with Crippen LogP contribution in [-0.4, -0.2) is 54.3 Å². The molecule has 150 valence electrons. The van der Waals surface area contributed by atoms with Gasteiger partial charge in [-0.05, 0) is 25.5 Å². The van der Waals surface area contributed by atoms with Crippen LogP contribution in [-0.2, 0) is 11.3 Å². The number of nitrogens with zero attached hydrogens (tertiary/aromatic N) is 3. The molecule has 28 heavy (non-hydrogen) atoms. The largest absolute Gasteiger partial charge is 0.378 e. The first-order valence-corrected chi connectivity index (χ1v) is 9.69. The maximum absolute atomic E-state index is 14.0. The molecule has 2 aliphatic rings. The van der Waals surface area contributed by atoms with Gasteiger partial charge in [0.15, 0.2) is 11.6 Å². The van der Waals surface area contributed by atoms with Gasteiger partial charge in [-0.25, -0.2) is 13.8 Å². The van der Waals surface area contributed by atoms with Crippen molar-refractivity contribution >= 4 is 5.95 Å². The van der Waals surface area contributed by atoms with Crippen molar-refractivity contribution in [2.75, 3.05) is 44.3 Å². The van der Waals surface area contributed by atoms with E-state index in [-0.39, 0.29) is 11.5 Å². The fourth-order valence-electron chi connectivity index (χ4n) is 3.95. The van der Waals surface area contributed by atoms with E-state index in [2.05, 4.69) is 9.88 Å². The monoisotopic (exact) mass is 390 g/mol. The van der Waals surface area contributed by atoms with Crippen molar-refractivity contribution in [1.82, 2.24) is 14.9 Å². The van der Waals surface area contributed by atoms with Crippen LogP contribution in [0.1, 0.15) is 30.0 Å². The molecule has 8 heteroatoms. The number of piperidine rings is 1. The van der Waals surface area contributed by atoms with Crippen LogP contribution in [0.15, 0.2) is 29.1 Å². The molecule has 6 nitrogen and oxygen atoms in total. The Morgan fingerprint density at radius 1 is 1.21 bits per heavy atom. The van der Waals surface area contributed by atoms with Crippen LogP contribution in [0, 0.1) is 11.6 Å². The van der Waals surface area contributed by atoms with Gasteiger partial charge < -0.3 is 9.64 Å². The number of likely N-dealkylation sites (tertiary alicyclic amines) is 1. The number of aromatic nitrogens is 2. The Morgan fingerprint density at radius 3 is 2.86 bits per heavy atom. The highest BCUT2D eigenvalue weighted by molar-refractivity contribution is 5.32. The molecule has 2 saturated heterocycles. The summed E-state index contributed by atoms with van der Waals surface area (Å²) < 4.78 is 32.9. The van der Waals surface area contributed by atoms with Crippen molar-refractivity contribution in [2.24, 2.45) is 0 Å². The molecule has 0 bridgehead atoms. The van der Waals surface area contributed by atoms with Crippen LogP contribution >= 0.6 is 0 Å². The molecule has 1 unspecified atom stereocenters. The van der Waals surface area contributed by atoms with Gasteiger partial charge >= 0.3 is 0 Å². The smallest absolute Gasteiger partial charge is 0.252 e. The molecule has 0 spiro atoms. The van der Waals surface area contributed by atoms with Gasteiger partial charge in [0.25, 0.3) is 5.56 Å². The van der Waals surface area contributed by atoms with Crippen LogP contribution in [0.3, 0.4) is 0 Å². The number of H-pyrrole nitrogens is 1. The van der Waals surface area contributed by atoms with E-state index in [1.165, 1.54) is 6.07 Å². The zero-order valence-corrected chi connectivity index (χ0v) is 15.7. The van der Waals surface area contributed by atoms with Crippen molar-refractivity contribution in [1.29, 1.82) is 0 Å². The summed E-state index contributed by atoms with van der Waals surface area (Å²) in [6.07, 6.45) is 1.84. The number of rotatable bonds is 4. The Kier molecular flexibility index (Phi) is 5.68. The summed E-state index contributed by atoms with van der Waals surface area (Å²) in [5, 5.41) is 0. The number of hydrogen-bond acceptors (Lipinski definition) is 5. The van der Waals surface area contributed by atoms with E-state index in [4.69, 9.17) is 9.72 Å². The minimum atomic E-state index is -0.822. The predicted molar refractivity (Wildman–Crippen MR) is 101 cm³/mol. The number of hydrogen-bond donors (Lipinski definition) is 1. The third kappa shape index (κ3) is 4.23. The lowest BCUT2D eigenvalue weighted by Crippen LogP contribution is -2.39. The van der Waals surface area contributed by atoms with Crippen LogP contribution < -0.4 is 10.5 Å². The minimum Gasteiger partial charge on any atom is -0.378 e. The van der Waals surface area contributed by atoms with E-state index in [9.17, 15) is 13.6 Å². The second kappa shape index (κ2) is 8.36. The summed E-state index contributed by atoms with van der Waals surface area (Å²) in [5.41, 5.74) is 0.947. The lowest BCUT2D eigenvalue weighted by molar-refractivity contribution is 0.122. The van der Waals surface area contributed by atoms with Gasteiger partial charge in [-0.3, -0.25) is 14.7 Å². The lowest BCUT2D eigenvalue weighted by atomic mass is 9.94. The standard InChI is InChI=1S/C20H24F2N4O2/c21-16-5-1-3-15(19(16)22)13-25-6-2-4-14(12-25)17-11-18(27)24-20(23-17)26-7-9-28-10-8-26/h1,3,5,11,14H,2,4,6-10,12-13H2,(H,23,24,27). The van der Waals surface area contributed by atoms with Crippen LogP contribution in [0.4, 0.5) is 14.7 Å². The first-order valence-electron chi connectivity index (χ1n) is 9.69. The molecule has 4 rings (SSSR count). The van der Waals surface area contributed by atoms with Gasteiger partial charge in [0.2, 0.25) is 5.95 Å². The number of morpholine rings is 1. The highest BCUT2D eigenvalue weighted by Gasteiger charge is 2.25. The Bertz CT molecular complexity index is 883. The highest BCUT2D eigenvalue weighted by atomic mass is 19.2. The van der Waals surface area contributed by atoms with Gasteiger partial charge in [-0.2, -0.15) is 0 Å². The van der Waals surface area contributed by atoms with Crippen molar-refractivity contribution in [3.63, 3.8) is 0 Å². The number of benzene rings is 1. The number of nitrogens with one attached hydrogen (secondary N) is 1. The molecule has 1 atom stereocenters. The van der Waals surface area contributed by atoms with Gasteiger partial charge in [-0.15, -0.1) is 0 Å². The average Bonchev–Trinajstić information content (AvgIpc) is 2.72. The maximum atomic E-state index is 14.0. The summed E-state index contributed by atoms with van der Waals surface area (Å²) >= 11 is 0. The first kappa shape index (κ1) is 19.0. The Labute approximate surface area is 162 Å². The van der Waals surface area contributed by atoms with E-state index in [0.717, 1.165) is 31.1 Å². The van der Waals surface area contributed by atoms with Crippen molar-refractivity contribution in [3.05, 3.63) is 57.5 Å². The molecule has 0 saturated carbocycles. The molecule has 2 aromatic rings. The second-order valence-electron chi connectivity index (χ2n) is 7.38. The summed E-state index contributed by atoms with van der Waals surface area (Å²) in [6.45, 7) is 4.44. The summed E-state index contributed by atoms with van der Waals surface area (Å²) in [6, 6.07) is 5.83. The summed E-state index contributed by atoms with van der Waals surface area (Å²) in [5.74, 6) is -0.933. The average molecular weight is 390 g/mol. The highest BCUT2D eigenvalue weighted by Crippen LogP contribution is 2.27.